The third-order valence-corrected chi connectivity index (χ3v) is 22.9. The van der Waals surface area contributed by atoms with Crippen molar-refractivity contribution in [2.75, 3.05) is 52.9 Å². The molecular weight excluding hydrogens is 1550 g/mol. The number of aryl methyl sites for hydroxylation is 1. The second kappa shape index (κ2) is 36.2. The van der Waals surface area contributed by atoms with E-state index in [1.54, 1.807) is 70.9 Å². The maximum Gasteiger partial charge on any atom is 0.501 e. The quantitative estimate of drug-likeness (QED) is 0.0189. The van der Waals surface area contributed by atoms with Crippen molar-refractivity contribution in [1.82, 2.24) is 30.1 Å². The number of aliphatic imine (C=N–C) groups is 2. The van der Waals surface area contributed by atoms with E-state index < -0.39 is 80.7 Å². The van der Waals surface area contributed by atoms with Gasteiger partial charge < -0.3 is 81.8 Å². The summed E-state index contributed by atoms with van der Waals surface area (Å²) in [6, 6.07) is 41.7. The third kappa shape index (κ3) is 19.3. The molecule has 33 heteroatoms. The number of aromatic nitrogens is 3. The van der Waals surface area contributed by atoms with Crippen LogP contribution in [0.4, 0.5) is 11.4 Å². The summed E-state index contributed by atoms with van der Waals surface area (Å²) < 4.78 is 115. The molecule has 117 heavy (non-hydrogen) atoms. The second-order valence-corrected chi connectivity index (χ2v) is 31.7. The molecule has 5 aliphatic rings. The van der Waals surface area contributed by atoms with E-state index in [0.717, 1.165) is 39.9 Å². The number of carbonyl (C=O) groups is 5. The summed E-state index contributed by atoms with van der Waals surface area (Å²) in [7, 11) is -6.14. The highest BCUT2D eigenvalue weighted by Gasteiger charge is 2.46. The zero-order chi connectivity index (χ0) is 82.1. The van der Waals surface area contributed by atoms with E-state index in [0.29, 0.717) is 59.7 Å². The standard InChI is InChI=1S/C84H84N8O23S2/c1-50-14-21-64(22-15-50)116(102,103)30-24-70(95)53-16-18-54(19-17-53)81(99)85-25-28-109-49-60-45-90(89-88-60)26-29-108-27-8-13-69(94)57-20-23-71(112-84-80(98)79(97)78(96)77(46-93)113-84)76(36-57)115-117(104,105)114-63-32-51(47-110-74-39-67-65(37-72(74)106-2)82(100)91-43-58-11-6-4-9-55(58)34-61(91)41-86-67)31-52(33-63)48-111-75-40-68-66(38-73(75)107-3)83(101)92-44-59-12-7-5-10-56(59)35-62(92)42-87-68/h4-7,9-12,14-23,31-33,36-42,45,61-62,77-80,84,93,96-98H,8,13,24-30,34-35,43-44,46-49H2,1-3H3,(H,85,99)/t61-,62-,77+,78-,79-,80+,84?/m0/s1. The zero-order valence-corrected chi connectivity index (χ0v) is 65.4. The number of nitrogens with zero attached hydrogens (tertiary/aromatic N) is 7. The Morgan fingerprint density at radius 3 is 1.76 bits per heavy atom. The fraction of sp³-hybridized carbons (Fsp3) is 0.321. The molecule has 1 aromatic heterocycles. The van der Waals surface area contributed by atoms with Crippen molar-refractivity contribution in [2.24, 2.45) is 9.98 Å². The van der Waals surface area contributed by atoms with E-state index in [1.807, 2.05) is 55.5 Å². The topological polar surface area (TPSA) is 401 Å². The fourth-order valence-corrected chi connectivity index (χ4v) is 16.1. The molecule has 9 aromatic rings. The number of aliphatic hydroxyl groups is 4. The van der Waals surface area contributed by atoms with Gasteiger partial charge in [0.05, 0.1) is 98.6 Å². The van der Waals surface area contributed by atoms with Gasteiger partial charge in [-0.2, -0.15) is 0 Å². The van der Waals surface area contributed by atoms with Crippen LogP contribution in [0, 0.1) is 6.92 Å². The number of hydrogen-bond acceptors (Lipinski definition) is 27. The predicted molar refractivity (Wildman–Crippen MR) is 421 cm³/mol. The summed E-state index contributed by atoms with van der Waals surface area (Å²) in [5.74, 6) is -2.86. The molecule has 1 fully saturated rings. The lowest BCUT2D eigenvalue weighted by molar-refractivity contribution is -0.277. The van der Waals surface area contributed by atoms with Gasteiger partial charge in [0.25, 0.3) is 17.7 Å². The molecule has 0 aliphatic carbocycles. The van der Waals surface area contributed by atoms with Gasteiger partial charge >= 0.3 is 10.4 Å². The van der Waals surface area contributed by atoms with Crippen LogP contribution in [0.1, 0.15) is 116 Å². The molecule has 1 saturated heterocycles. The van der Waals surface area contributed by atoms with Crippen molar-refractivity contribution in [3.63, 3.8) is 0 Å². The molecule has 1 unspecified atom stereocenters. The van der Waals surface area contributed by atoms with Crippen molar-refractivity contribution in [2.45, 2.75) is 126 Å². The number of fused-ring (bicyclic) bond motifs is 6. The highest BCUT2D eigenvalue weighted by molar-refractivity contribution is 7.91. The van der Waals surface area contributed by atoms with E-state index in [1.165, 1.54) is 73.5 Å². The Bertz CT molecular complexity index is 5350. The van der Waals surface area contributed by atoms with Crippen LogP contribution >= 0.6 is 0 Å². The van der Waals surface area contributed by atoms with Gasteiger partial charge in [-0.3, -0.25) is 34.0 Å². The minimum Gasteiger partial charge on any atom is -0.493 e. The molecule has 7 atom stereocenters. The molecule has 8 aromatic carbocycles. The van der Waals surface area contributed by atoms with Crippen LogP contribution in [0.25, 0.3) is 0 Å². The van der Waals surface area contributed by atoms with Gasteiger partial charge in [-0.15, -0.1) is 13.5 Å². The lowest BCUT2D eigenvalue weighted by Crippen LogP contribution is -2.60. The van der Waals surface area contributed by atoms with Gasteiger partial charge in [0.2, 0.25) is 6.29 Å². The number of Topliss-reactive ketones (excluding diaryl/α,β-unsaturated/α-hetero) is 2. The molecule has 610 valence electrons. The van der Waals surface area contributed by atoms with E-state index in [-0.39, 0.29) is 163 Å². The maximum absolute atomic E-state index is 14.6. The monoisotopic (exact) mass is 1640 g/mol. The van der Waals surface area contributed by atoms with Crippen LogP contribution in [-0.2, 0) is 86.7 Å². The number of rotatable bonds is 34. The molecule has 5 aliphatic heterocycles. The van der Waals surface area contributed by atoms with Gasteiger partial charge in [-0.25, -0.2) is 13.1 Å². The number of ether oxygens (including phenoxy) is 8. The lowest BCUT2D eigenvalue weighted by atomic mass is 9.94. The van der Waals surface area contributed by atoms with E-state index in [4.69, 9.17) is 56.2 Å². The number of hydrogen-bond donors (Lipinski definition) is 5. The smallest absolute Gasteiger partial charge is 0.493 e. The molecule has 0 saturated carbocycles. The molecular formula is C84H84N8O23S2. The summed E-state index contributed by atoms with van der Waals surface area (Å²) in [6.07, 6.45) is -2.81. The van der Waals surface area contributed by atoms with Crippen LogP contribution in [0.15, 0.2) is 179 Å². The SMILES string of the molecule is COc1cc2c(cc1OCc1cc(COc3cc4c(cc3OC)C(=O)N3Cc5ccccc5C[C@H]3C=N4)cc(OS(=O)(=O)Oc3cc(C(=O)CCCOCCn4cc(COCCNC(=O)c5ccc(C(=O)CCS(=O)(=O)c6ccc(C)cc6)cc5)nn4)ccc3OC3O[C@H](CO)[C@H](O)[C@H](O)[C@H]3O)c1)N=C[C@@H]1Cc3ccccc3CN1C2=O. The Hall–Kier alpha value is -11.8. The van der Waals surface area contributed by atoms with E-state index in [2.05, 4.69) is 15.6 Å². The van der Waals surface area contributed by atoms with Crippen LogP contribution in [0.5, 0.6) is 40.2 Å². The number of nitrogens with one attached hydrogen (secondary N) is 1. The Morgan fingerprint density at radius 2 is 1.16 bits per heavy atom. The largest absolute Gasteiger partial charge is 0.501 e. The van der Waals surface area contributed by atoms with Crippen molar-refractivity contribution in [1.29, 1.82) is 0 Å². The highest BCUT2D eigenvalue weighted by atomic mass is 32.3. The predicted octanol–water partition coefficient (Wildman–Crippen LogP) is 7.88. The van der Waals surface area contributed by atoms with Crippen LogP contribution < -0.4 is 37.4 Å². The Labute approximate surface area is 673 Å². The fourth-order valence-electron chi connectivity index (χ4n) is 14.1. The normalized spacial score (nSPS) is 18.6. The van der Waals surface area contributed by atoms with Gasteiger partial charge in [0.1, 0.15) is 49.1 Å². The van der Waals surface area contributed by atoms with E-state index >= 15 is 0 Å². The number of ketones is 2. The second-order valence-electron chi connectivity index (χ2n) is 28.5. The number of methoxy groups -OCH3 is 2. The number of carbonyl (C=O) groups excluding carboxylic acids is 5. The molecule has 5 N–H and O–H groups in total. The van der Waals surface area contributed by atoms with Gasteiger partial charge in [0.15, 0.2) is 55.9 Å². The van der Waals surface area contributed by atoms with Crippen LogP contribution in [0.3, 0.4) is 0 Å². The first-order chi connectivity index (χ1) is 56.5. The number of benzene rings is 8. The summed E-state index contributed by atoms with van der Waals surface area (Å²) in [5, 5.41) is 53.3. The Morgan fingerprint density at radius 1 is 0.581 bits per heavy atom. The summed E-state index contributed by atoms with van der Waals surface area (Å²) >= 11 is 0. The van der Waals surface area contributed by atoms with Gasteiger partial charge in [-0.1, -0.05) is 83.6 Å². The molecule has 0 spiro atoms. The first-order valence-electron chi connectivity index (χ1n) is 37.7. The first-order valence-corrected chi connectivity index (χ1v) is 40.7. The first kappa shape index (κ1) is 81.8. The third-order valence-electron chi connectivity index (χ3n) is 20.4. The van der Waals surface area contributed by atoms with Gasteiger partial charge in [0, 0.05) is 80.3 Å². The van der Waals surface area contributed by atoms with Crippen molar-refractivity contribution in [3.05, 3.63) is 236 Å². The van der Waals surface area contributed by atoms with Crippen molar-refractivity contribution >= 4 is 73.3 Å². The number of amides is 3. The summed E-state index contributed by atoms with van der Waals surface area (Å²) in [4.78, 5) is 81.5. The molecule has 3 amide bonds. The Kier molecular flexibility index (Phi) is 25.3. The molecule has 0 bridgehead atoms. The molecule has 31 nitrogen and oxygen atoms in total. The summed E-state index contributed by atoms with van der Waals surface area (Å²) in [5.41, 5.74) is 8.01. The minimum atomic E-state index is -5.32. The Balaban J connectivity index is 0.626. The van der Waals surface area contributed by atoms with Crippen molar-refractivity contribution < 1.29 is 107 Å². The van der Waals surface area contributed by atoms with Crippen molar-refractivity contribution in [3.8, 4) is 40.2 Å². The summed E-state index contributed by atoms with van der Waals surface area (Å²) in [6.45, 7) is 2.09. The molecule has 6 heterocycles. The number of aliphatic hydroxyl groups excluding tert-OH is 4. The molecule has 14 rings (SSSR count). The minimum absolute atomic E-state index is 0.0714. The van der Waals surface area contributed by atoms with Crippen LogP contribution in [-0.4, -0.2) is 200 Å². The average molecular weight is 1640 g/mol. The number of sulfone groups is 1. The molecule has 0 radical (unpaired) electrons. The lowest BCUT2D eigenvalue weighted by Gasteiger charge is -2.39. The van der Waals surface area contributed by atoms with E-state index in [9.17, 15) is 61.2 Å². The highest BCUT2D eigenvalue weighted by Crippen LogP contribution is 2.42. The maximum atomic E-state index is 14.6. The van der Waals surface area contributed by atoms with Gasteiger partial charge in [-0.05, 0) is 132 Å². The zero-order valence-electron chi connectivity index (χ0n) is 63.8. The van der Waals surface area contributed by atoms with Crippen LogP contribution in [0.2, 0.25) is 0 Å². The average Bonchev–Trinajstić information content (AvgIpc) is 1.69.